The number of aliphatic hydroxyl groups is 1. The zero-order valence-electron chi connectivity index (χ0n) is 9.75. The maximum Gasteiger partial charge on any atom is 0.294 e. The van der Waals surface area contributed by atoms with E-state index in [0.717, 1.165) is 0 Å². The van der Waals surface area contributed by atoms with Gasteiger partial charge in [-0.3, -0.25) is 9.11 Å². The molecule has 0 atom stereocenters. The highest BCUT2D eigenvalue weighted by Crippen LogP contribution is 2.15. The van der Waals surface area contributed by atoms with Crippen LogP contribution >= 0.6 is 0 Å². The third kappa shape index (κ3) is 7.46. The molecule has 19 heavy (non-hydrogen) atoms. The Bertz CT molecular complexity index is 641. The highest BCUT2D eigenvalue weighted by atomic mass is 32.2. The fourth-order valence-corrected chi connectivity index (χ4v) is 1.89. The number of rotatable bonds is 6. The lowest BCUT2D eigenvalue weighted by Gasteiger charge is -2.01. The molecule has 0 aliphatic rings. The molecule has 0 heterocycles. The summed E-state index contributed by atoms with van der Waals surface area (Å²) in [5.74, 6) is -1.69. The lowest BCUT2D eigenvalue weighted by Crippen LogP contribution is -2.06. The topological polar surface area (TPSA) is 154 Å². The summed E-state index contributed by atoms with van der Waals surface area (Å²) in [6, 6.07) is 0. The first-order chi connectivity index (χ1) is 8.47. The van der Waals surface area contributed by atoms with Crippen LogP contribution in [0.4, 0.5) is 0 Å². The van der Waals surface area contributed by atoms with Gasteiger partial charge in [-0.15, -0.1) is 0 Å². The van der Waals surface area contributed by atoms with Crippen molar-refractivity contribution in [2.24, 2.45) is 10.2 Å². The second kappa shape index (κ2) is 6.56. The van der Waals surface area contributed by atoms with E-state index >= 15 is 0 Å². The third-order valence-electron chi connectivity index (χ3n) is 1.58. The average Bonchev–Trinajstić information content (AvgIpc) is 2.18. The van der Waals surface area contributed by atoms with Crippen molar-refractivity contribution in [1.29, 1.82) is 0 Å². The Morgan fingerprint density at radius 1 is 1.26 bits per heavy atom. The fourth-order valence-electron chi connectivity index (χ4n) is 0.839. The van der Waals surface area contributed by atoms with Crippen LogP contribution in [0.3, 0.4) is 0 Å². The van der Waals surface area contributed by atoms with E-state index in [9.17, 15) is 16.8 Å². The number of nitrogens with zero attached hydrogens (tertiary/aromatic N) is 2. The number of azo groups is 1. The van der Waals surface area contributed by atoms with Gasteiger partial charge in [0.2, 0.25) is 0 Å². The molecule has 0 aromatic heterocycles. The van der Waals surface area contributed by atoms with Crippen LogP contribution in [0, 0.1) is 0 Å². The highest BCUT2D eigenvalue weighted by Gasteiger charge is 2.15. The predicted molar refractivity (Wildman–Crippen MR) is 66.7 cm³/mol. The van der Waals surface area contributed by atoms with Crippen LogP contribution < -0.4 is 0 Å². The Balaban J connectivity index is 5.78. The number of hydrogen-bond donors (Lipinski definition) is 3. The van der Waals surface area contributed by atoms with Crippen LogP contribution in [0.2, 0.25) is 0 Å². The zero-order chi connectivity index (χ0) is 15.3. The first-order valence-corrected chi connectivity index (χ1v) is 7.55. The Morgan fingerprint density at radius 3 is 2.11 bits per heavy atom. The molecule has 108 valence electrons. The van der Waals surface area contributed by atoms with E-state index in [4.69, 9.17) is 14.2 Å². The van der Waals surface area contributed by atoms with Gasteiger partial charge in [-0.1, -0.05) is 6.58 Å². The molecule has 9 nitrogen and oxygen atoms in total. The monoisotopic (exact) mass is 312 g/mol. The summed E-state index contributed by atoms with van der Waals surface area (Å²) in [7, 11) is -8.02. The molecule has 0 aromatic carbocycles. The normalized spacial score (nSPS) is 14.9. The van der Waals surface area contributed by atoms with Crippen molar-refractivity contribution in [3.63, 3.8) is 0 Å². The molecule has 0 rings (SSSR count). The van der Waals surface area contributed by atoms with E-state index in [1.807, 2.05) is 0 Å². The molecule has 0 saturated carbocycles. The van der Waals surface area contributed by atoms with E-state index in [1.54, 1.807) is 0 Å². The number of hydrogen-bond acceptors (Lipinski definition) is 7. The first kappa shape index (κ1) is 17.4. The standard InChI is InChI=1S/C8H12N2O7S2/c1-6(11)8(10-9-2)5-7(19(15,16)17)3-4-18(12,13)14/h3,5,11H,1,4H2,2H3,(H,12,13,14)(H,15,16,17)/b7-3+,8-5-,10-9+. The molecule has 3 N–H and O–H groups in total. The van der Waals surface area contributed by atoms with Gasteiger partial charge in [-0.2, -0.15) is 27.1 Å². The quantitative estimate of drug-likeness (QED) is 0.282. The van der Waals surface area contributed by atoms with Crippen LogP contribution in [0.25, 0.3) is 0 Å². The zero-order valence-corrected chi connectivity index (χ0v) is 11.4. The minimum Gasteiger partial charge on any atom is -0.506 e. The minimum absolute atomic E-state index is 0.401. The van der Waals surface area contributed by atoms with Crippen LogP contribution in [-0.2, 0) is 20.2 Å². The van der Waals surface area contributed by atoms with Crippen LogP contribution in [0.5, 0.6) is 0 Å². The van der Waals surface area contributed by atoms with E-state index in [0.29, 0.717) is 12.2 Å². The second-order valence-electron chi connectivity index (χ2n) is 3.11. The smallest absolute Gasteiger partial charge is 0.294 e. The van der Waals surface area contributed by atoms with Crippen molar-refractivity contribution in [2.45, 2.75) is 0 Å². The van der Waals surface area contributed by atoms with Gasteiger partial charge in [0.25, 0.3) is 20.2 Å². The van der Waals surface area contributed by atoms with E-state index in [2.05, 4.69) is 16.8 Å². The Labute approximate surface area is 110 Å². The molecule has 0 fully saturated rings. The van der Waals surface area contributed by atoms with Gasteiger partial charge in [0.15, 0.2) is 0 Å². The van der Waals surface area contributed by atoms with Gasteiger partial charge in [0.05, 0.1) is 10.7 Å². The molecular weight excluding hydrogens is 300 g/mol. The van der Waals surface area contributed by atoms with Crippen LogP contribution in [-0.4, -0.2) is 43.8 Å². The molecule has 0 aromatic rings. The summed E-state index contributed by atoms with van der Waals surface area (Å²) in [6.45, 7) is 3.08. The van der Waals surface area contributed by atoms with Gasteiger partial charge in [0, 0.05) is 7.05 Å². The third-order valence-corrected chi connectivity index (χ3v) is 3.04. The lowest BCUT2D eigenvalue weighted by atomic mass is 10.3. The molecule has 0 aliphatic heterocycles. The SMILES string of the molecule is C=C(O)C(=C/C(=C\CS(=O)(=O)O)S(=O)(=O)O)/N=N/C. The Hall–Kier alpha value is -1.56. The number of aliphatic hydroxyl groups excluding tert-OH is 1. The maximum absolute atomic E-state index is 11.0. The predicted octanol–water partition coefficient (Wildman–Crippen LogP) is 0.684. The minimum atomic E-state index is -4.78. The molecule has 0 aliphatic carbocycles. The van der Waals surface area contributed by atoms with Gasteiger partial charge < -0.3 is 5.11 Å². The second-order valence-corrected chi connectivity index (χ2v) is 6.03. The highest BCUT2D eigenvalue weighted by molar-refractivity contribution is 7.90. The van der Waals surface area contributed by atoms with Gasteiger partial charge in [0.1, 0.15) is 11.5 Å². The molecule has 0 unspecified atom stereocenters. The molecule has 11 heteroatoms. The van der Waals surface area contributed by atoms with Crippen LogP contribution in [0.15, 0.2) is 45.3 Å². The van der Waals surface area contributed by atoms with Crippen LogP contribution in [0.1, 0.15) is 0 Å². The summed E-state index contributed by atoms with van der Waals surface area (Å²) in [5.41, 5.74) is -0.401. The van der Waals surface area contributed by atoms with Crippen molar-refractivity contribution in [3.05, 3.63) is 35.1 Å². The first-order valence-electron chi connectivity index (χ1n) is 4.50. The average molecular weight is 312 g/mol. The summed E-state index contributed by atoms with van der Waals surface area (Å²) in [4.78, 5) is -0.886. The molecule has 0 radical (unpaired) electrons. The Morgan fingerprint density at radius 2 is 1.79 bits per heavy atom. The molecular formula is C8H12N2O7S2. The molecule has 0 spiro atoms. The lowest BCUT2D eigenvalue weighted by molar-refractivity contribution is 0.423. The van der Waals surface area contributed by atoms with Crippen molar-refractivity contribution >= 4 is 20.2 Å². The van der Waals surface area contributed by atoms with E-state index < -0.39 is 42.4 Å². The summed E-state index contributed by atoms with van der Waals surface area (Å²) >= 11 is 0. The van der Waals surface area contributed by atoms with Gasteiger partial charge in [-0.25, -0.2) is 0 Å². The van der Waals surface area contributed by atoms with Crippen molar-refractivity contribution in [1.82, 2.24) is 0 Å². The summed E-state index contributed by atoms with van der Waals surface area (Å²) in [6.07, 6.45) is 1.18. The van der Waals surface area contributed by atoms with Gasteiger partial charge >= 0.3 is 0 Å². The largest absolute Gasteiger partial charge is 0.506 e. The van der Waals surface area contributed by atoms with Crippen molar-refractivity contribution in [2.75, 3.05) is 12.8 Å². The summed E-state index contributed by atoms with van der Waals surface area (Å²) < 4.78 is 60.4. The van der Waals surface area contributed by atoms with Crippen molar-refractivity contribution < 1.29 is 31.0 Å². The maximum atomic E-state index is 11.0. The number of allylic oxidation sites excluding steroid dienone is 1. The fraction of sp³-hybridized carbons (Fsp3) is 0.250. The molecule has 0 bridgehead atoms. The van der Waals surface area contributed by atoms with Gasteiger partial charge in [-0.05, 0) is 12.2 Å². The summed E-state index contributed by atoms with van der Waals surface area (Å²) in [5, 5.41) is 15.7. The molecule has 0 saturated heterocycles. The van der Waals surface area contributed by atoms with E-state index in [-0.39, 0.29) is 0 Å². The van der Waals surface area contributed by atoms with Crippen molar-refractivity contribution in [3.8, 4) is 0 Å². The Kier molecular flexibility index (Phi) is 6.02. The molecule has 0 amide bonds. The van der Waals surface area contributed by atoms with E-state index in [1.165, 1.54) is 7.05 Å².